The second kappa shape index (κ2) is 9.21. The van der Waals surface area contributed by atoms with Gasteiger partial charge in [-0.25, -0.2) is 4.79 Å². The molecule has 2 aromatic carbocycles. The van der Waals surface area contributed by atoms with Crippen LogP contribution in [0.25, 0.3) is 0 Å². The van der Waals surface area contributed by atoms with E-state index in [1.807, 2.05) is 0 Å². The molecule has 1 unspecified atom stereocenters. The summed E-state index contributed by atoms with van der Waals surface area (Å²) in [4.78, 5) is 51.8. The summed E-state index contributed by atoms with van der Waals surface area (Å²) in [7, 11) is 2.39. The van der Waals surface area contributed by atoms with E-state index in [1.165, 1.54) is 33.0 Å². The second-order valence-corrected chi connectivity index (χ2v) is 7.45. The van der Waals surface area contributed by atoms with Gasteiger partial charge in [-0.2, -0.15) is 0 Å². The van der Waals surface area contributed by atoms with Gasteiger partial charge in [0.15, 0.2) is 11.5 Å². The first-order valence-electron chi connectivity index (χ1n) is 10.1. The molecule has 0 aliphatic carbocycles. The van der Waals surface area contributed by atoms with Gasteiger partial charge < -0.3 is 19.1 Å². The largest absolute Gasteiger partial charge is 0.468 e. The first-order chi connectivity index (χ1) is 15.3. The van der Waals surface area contributed by atoms with Gasteiger partial charge in [-0.15, -0.1) is 0 Å². The maximum atomic E-state index is 13.1. The third-order valence-corrected chi connectivity index (χ3v) is 5.68. The molecule has 3 rings (SSSR count). The lowest BCUT2D eigenvalue weighted by Gasteiger charge is -2.55. The highest BCUT2D eigenvalue weighted by atomic mass is 16.6. The topological polar surface area (TPSA) is 99.2 Å². The van der Waals surface area contributed by atoms with Crippen molar-refractivity contribution in [1.29, 1.82) is 0 Å². The number of carbonyl (C=O) groups is 4. The van der Waals surface area contributed by atoms with E-state index >= 15 is 0 Å². The van der Waals surface area contributed by atoms with Crippen LogP contribution in [0.3, 0.4) is 0 Å². The monoisotopic (exact) mass is 439 g/mol. The lowest BCUT2D eigenvalue weighted by Crippen LogP contribution is -2.74. The van der Waals surface area contributed by atoms with Gasteiger partial charge in [-0.3, -0.25) is 14.4 Å². The molecule has 1 aliphatic rings. The predicted molar refractivity (Wildman–Crippen MR) is 113 cm³/mol. The second-order valence-electron chi connectivity index (χ2n) is 7.45. The number of hydrogen-bond donors (Lipinski definition) is 0. The van der Waals surface area contributed by atoms with Crippen LogP contribution >= 0.6 is 0 Å². The molecule has 1 saturated heterocycles. The van der Waals surface area contributed by atoms with Gasteiger partial charge in [0.25, 0.3) is 0 Å². The highest BCUT2D eigenvalue weighted by molar-refractivity contribution is 6.05. The van der Waals surface area contributed by atoms with E-state index in [0.29, 0.717) is 11.1 Å². The number of benzene rings is 2. The van der Waals surface area contributed by atoms with Crippen molar-refractivity contribution in [3.8, 4) is 0 Å². The summed E-state index contributed by atoms with van der Waals surface area (Å²) < 4.78 is 15.7. The minimum Gasteiger partial charge on any atom is -0.468 e. The Labute approximate surface area is 186 Å². The highest BCUT2D eigenvalue weighted by Gasteiger charge is 2.66. The summed E-state index contributed by atoms with van der Waals surface area (Å²) in [6.07, 6.45) is 0. The molecule has 0 aromatic heterocycles. The lowest BCUT2D eigenvalue weighted by atomic mass is 9.68. The Kier molecular flexibility index (Phi) is 6.62. The van der Waals surface area contributed by atoms with Gasteiger partial charge in [0.1, 0.15) is 12.1 Å². The summed E-state index contributed by atoms with van der Waals surface area (Å²) in [6, 6.07) is 15.5. The molecule has 0 radical (unpaired) electrons. The van der Waals surface area contributed by atoms with Gasteiger partial charge in [0.2, 0.25) is 5.91 Å². The number of β-lactam (4-membered cyclic amide) rings is 1. The van der Waals surface area contributed by atoms with Crippen molar-refractivity contribution in [1.82, 2.24) is 4.90 Å². The Bertz CT molecular complexity index is 966. The standard InChI is InChI=1S/C24H25NO7/c1-15(22(28)30-3)25-20(19(21(25)27)23(29)31-4)24(32-16(2)26,17-11-7-5-8-12-17)18-13-9-6-10-14-18/h5-15,19-20H,1-4H3/t15?,19-,20+/m0/s1. The Balaban J connectivity index is 2.33. The Morgan fingerprint density at radius 2 is 1.41 bits per heavy atom. The number of hydrogen-bond acceptors (Lipinski definition) is 7. The fourth-order valence-electron chi connectivity index (χ4n) is 4.30. The van der Waals surface area contributed by atoms with Crippen LogP contribution in [0, 0.1) is 5.92 Å². The van der Waals surface area contributed by atoms with Crippen LogP contribution in [0.15, 0.2) is 60.7 Å². The summed E-state index contributed by atoms with van der Waals surface area (Å²) >= 11 is 0. The summed E-state index contributed by atoms with van der Waals surface area (Å²) in [5.41, 5.74) is -0.506. The number of rotatable bonds is 7. The molecule has 0 N–H and O–H groups in total. The van der Waals surface area contributed by atoms with Crippen LogP contribution in [0.2, 0.25) is 0 Å². The third kappa shape index (κ3) is 3.72. The molecule has 1 amide bonds. The maximum absolute atomic E-state index is 13.1. The molecular weight excluding hydrogens is 414 g/mol. The summed E-state index contributed by atoms with van der Waals surface area (Å²) in [5.74, 6) is -3.96. The van der Waals surface area contributed by atoms with Crippen LogP contribution < -0.4 is 0 Å². The zero-order valence-electron chi connectivity index (χ0n) is 18.3. The quantitative estimate of drug-likeness (QED) is 0.282. The Morgan fingerprint density at radius 3 is 1.81 bits per heavy atom. The van der Waals surface area contributed by atoms with Gasteiger partial charge >= 0.3 is 17.9 Å². The molecule has 168 valence electrons. The molecule has 32 heavy (non-hydrogen) atoms. The van der Waals surface area contributed by atoms with E-state index in [-0.39, 0.29) is 0 Å². The van der Waals surface area contributed by atoms with Crippen molar-refractivity contribution >= 4 is 23.8 Å². The molecule has 3 atom stereocenters. The van der Waals surface area contributed by atoms with Crippen LogP contribution in [0.1, 0.15) is 25.0 Å². The first kappa shape index (κ1) is 23.0. The molecule has 0 bridgehead atoms. The van der Waals surface area contributed by atoms with E-state index in [0.717, 1.165) is 0 Å². The molecule has 0 spiro atoms. The van der Waals surface area contributed by atoms with Crippen molar-refractivity contribution in [3.63, 3.8) is 0 Å². The van der Waals surface area contributed by atoms with Crippen molar-refractivity contribution in [3.05, 3.63) is 71.8 Å². The molecule has 1 aliphatic heterocycles. The van der Waals surface area contributed by atoms with Crippen LogP contribution in [0.5, 0.6) is 0 Å². The van der Waals surface area contributed by atoms with Crippen LogP contribution in [-0.2, 0) is 39.0 Å². The fourth-order valence-corrected chi connectivity index (χ4v) is 4.30. The zero-order valence-corrected chi connectivity index (χ0v) is 18.3. The summed E-state index contributed by atoms with van der Waals surface area (Å²) in [5, 5.41) is 0. The van der Waals surface area contributed by atoms with Crippen molar-refractivity contribution in [2.75, 3.05) is 14.2 Å². The molecule has 0 saturated carbocycles. The minimum atomic E-state index is -1.58. The van der Waals surface area contributed by atoms with Gasteiger partial charge in [-0.1, -0.05) is 60.7 Å². The van der Waals surface area contributed by atoms with E-state index in [1.54, 1.807) is 60.7 Å². The molecule has 2 aromatic rings. The third-order valence-electron chi connectivity index (χ3n) is 5.68. The van der Waals surface area contributed by atoms with Crippen molar-refractivity contribution < 1.29 is 33.4 Å². The van der Waals surface area contributed by atoms with Gasteiger partial charge in [-0.05, 0) is 6.92 Å². The summed E-state index contributed by atoms with van der Waals surface area (Å²) in [6.45, 7) is 2.75. The Hall–Kier alpha value is -3.68. The van der Waals surface area contributed by atoms with E-state index in [4.69, 9.17) is 14.2 Å². The van der Waals surface area contributed by atoms with E-state index in [9.17, 15) is 19.2 Å². The van der Waals surface area contributed by atoms with Crippen molar-refractivity contribution in [2.24, 2.45) is 5.92 Å². The zero-order chi connectivity index (χ0) is 23.5. The normalized spacial score (nSPS) is 18.9. The SMILES string of the molecule is COC(=O)C(C)N1C(=O)[C@@H](C(=O)OC)[C@@H]1C(OC(C)=O)(c1ccccc1)c1ccccc1. The molecule has 8 nitrogen and oxygen atoms in total. The average molecular weight is 439 g/mol. The van der Waals surface area contributed by atoms with Gasteiger partial charge in [0.05, 0.1) is 14.2 Å². The van der Waals surface area contributed by atoms with E-state index in [2.05, 4.69) is 0 Å². The lowest BCUT2D eigenvalue weighted by molar-refractivity contribution is -0.202. The highest BCUT2D eigenvalue weighted by Crippen LogP contribution is 2.48. The number of esters is 3. The van der Waals surface area contributed by atoms with Gasteiger partial charge in [0, 0.05) is 18.1 Å². The number of carbonyl (C=O) groups excluding carboxylic acids is 4. The number of likely N-dealkylation sites (tertiary alicyclic amines) is 1. The predicted octanol–water partition coefficient (Wildman–Crippen LogP) is 2.05. The first-order valence-corrected chi connectivity index (χ1v) is 10.1. The number of methoxy groups -OCH3 is 2. The number of ether oxygens (including phenoxy) is 3. The molecular formula is C24H25NO7. The molecule has 8 heteroatoms. The average Bonchev–Trinajstić information content (AvgIpc) is 2.81. The van der Waals surface area contributed by atoms with Crippen molar-refractivity contribution in [2.45, 2.75) is 31.5 Å². The fraction of sp³-hybridized carbons (Fsp3) is 0.333. The smallest absolute Gasteiger partial charge is 0.328 e. The maximum Gasteiger partial charge on any atom is 0.328 e. The van der Waals surface area contributed by atoms with Crippen LogP contribution in [0.4, 0.5) is 0 Å². The van der Waals surface area contributed by atoms with Crippen LogP contribution in [-0.4, -0.2) is 55.0 Å². The number of amides is 1. The minimum absolute atomic E-state index is 0.537. The van der Waals surface area contributed by atoms with E-state index < -0.39 is 47.4 Å². The number of nitrogens with zero attached hydrogens (tertiary/aromatic N) is 1. The Morgan fingerprint density at radius 1 is 0.906 bits per heavy atom. The molecule has 1 heterocycles. The molecule has 1 fully saturated rings.